The highest BCUT2D eigenvalue weighted by molar-refractivity contribution is 5.94. The number of nitrogens with one attached hydrogen (secondary N) is 1. The van der Waals surface area contributed by atoms with Crippen LogP contribution in [0.15, 0.2) is 30.3 Å². The van der Waals surface area contributed by atoms with Crippen LogP contribution in [0.2, 0.25) is 0 Å². The average molecular weight is 355 g/mol. The number of nitrogen functional groups attached to an aromatic ring is 1. The van der Waals surface area contributed by atoms with Gasteiger partial charge in [-0.2, -0.15) is 4.98 Å². The van der Waals surface area contributed by atoms with Crippen LogP contribution in [0, 0.1) is 0 Å². The van der Waals surface area contributed by atoms with Crippen molar-refractivity contribution in [3.8, 4) is 17.1 Å². The number of nitrogens with two attached hydrogens (primary N) is 1. The van der Waals surface area contributed by atoms with Gasteiger partial charge in [0.15, 0.2) is 0 Å². The van der Waals surface area contributed by atoms with Crippen molar-refractivity contribution in [2.45, 2.75) is 25.8 Å². The summed E-state index contributed by atoms with van der Waals surface area (Å²) in [6, 6.07) is 9.45. The van der Waals surface area contributed by atoms with E-state index in [1.54, 1.807) is 18.2 Å². The minimum Gasteiger partial charge on any atom is -0.481 e. The number of aromatic nitrogens is 2. The van der Waals surface area contributed by atoms with E-state index in [0.29, 0.717) is 29.7 Å². The van der Waals surface area contributed by atoms with Gasteiger partial charge in [-0.3, -0.25) is 9.69 Å². The number of likely N-dealkylation sites (tertiary alicyclic amines) is 1. The number of carbonyl (C=O) groups is 1. The molecule has 1 aromatic carbocycles. The molecule has 7 nitrogen and oxygen atoms in total. The molecule has 1 aromatic heterocycles. The Labute approximate surface area is 153 Å². The van der Waals surface area contributed by atoms with E-state index < -0.39 is 0 Å². The molecule has 0 bridgehead atoms. The number of benzene rings is 1. The van der Waals surface area contributed by atoms with Crippen LogP contribution in [0.4, 0.5) is 5.95 Å². The molecule has 0 saturated carbocycles. The van der Waals surface area contributed by atoms with Crippen molar-refractivity contribution in [3.63, 3.8) is 0 Å². The minimum atomic E-state index is -0.0562. The van der Waals surface area contributed by atoms with Crippen LogP contribution in [0.5, 0.6) is 5.88 Å². The van der Waals surface area contributed by atoms with E-state index in [2.05, 4.69) is 27.1 Å². The number of likely N-dealkylation sites (N-methyl/N-ethyl adjacent to an activating group) is 1. The number of rotatable bonds is 6. The Morgan fingerprint density at radius 3 is 2.81 bits per heavy atom. The average Bonchev–Trinajstić information content (AvgIpc) is 3.13. The third kappa shape index (κ3) is 4.11. The fraction of sp³-hybridized carbons (Fsp3) is 0.421. The summed E-state index contributed by atoms with van der Waals surface area (Å²) in [4.78, 5) is 23.0. The topological polar surface area (TPSA) is 93.4 Å². The van der Waals surface area contributed by atoms with E-state index >= 15 is 0 Å². The predicted molar refractivity (Wildman–Crippen MR) is 101 cm³/mol. The lowest BCUT2D eigenvalue weighted by Crippen LogP contribution is -2.40. The molecule has 0 radical (unpaired) electrons. The molecule has 1 saturated heterocycles. The first-order valence-electron chi connectivity index (χ1n) is 8.92. The second kappa shape index (κ2) is 8.14. The number of methoxy groups -OCH3 is 1. The standard InChI is InChI=1S/C19H25N5O2/c1-3-24-10-4-5-15(24)12-21-18(25)14-8-6-13(7-9-14)16-11-17(26-2)23-19(20)22-16/h6-9,11,15H,3-5,10,12H2,1-2H3,(H,21,25)(H2,20,22,23)/t15-/m1/s1. The summed E-state index contributed by atoms with van der Waals surface area (Å²) in [5.41, 5.74) is 7.84. The summed E-state index contributed by atoms with van der Waals surface area (Å²) in [6.45, 7) is 5.00. The molecule has 3 N–H and O–H groups in total. The third-order valence-electron chi connectivity index (χ3n) is 4.78. The van der Waals surface area contributed by atoms with Crippen LogP contribution in [0.3, 0.4) is 0 Å². The molecule has 138 valence electrons. The Kier molecular flexibility index (Phi) is 5.68. The number of ether oxygens (including phenoxy) is 1. The van der Waals surface area contributed by atoms with Gasteiger partial charge in [0.25, 0.3) is 5.91 Å². The maximum Gasteiger partial charge on any atom is 0.251 e. The van der Waals surface area contributed by atoms with Gasteiger partial charge in [0, 0.05) is 29.8 Å². The van der Waals surface area contributed by atoms with Gasteiger partial charge in [0.1, 0.15) is 0 Å². The molecule has 1 fully saturated rings. The zero-order valence-corrected chi connectivity index (χ0v) is 15.2. The lowest BCUT2D eigenvalue weighted by atomic mass is 10.1. The summed E-state index contributed by atoms with van der Waals surface area (Å²) >= 11 is 0. The Hall–Kier alpha value is -2.67. The monoisotopic (exact) mass is 355 g/mol. The number of hydrogen-bond donors (Lipinski definition) is 2. The normalized spacial score (nSPS) is 17.2. The first kappa shape index (κ1) is 18.1. The molecule has 1 amide bonds. The second-order valence-corrected chi connectivity index (χ2v) is 6.37. The van der Waals surface area contributed by atoms with E-state index in [9.17, 15) is 4.79 Å². The summed E-state index contributed by atoms with van der Waals surface area (Å²) in [5, 5.41) is 3.05. The first-order valence-corrected chi connectivity index (χ1v) is 8.92. The van der Waals surface area contributed by atoms with E-state index in [-0.39, 0.29) is 11.9 Å². The molecule has 3 rings (SSSR count). The van der Waals surface area contributed by atoms with Crippen molar-refractivity contribution < 1.29 is 9.53 Å². The Bertz CT molecular complexity index is 763. The summed E-state index contributed by atoms with van der Waals surface area (Å²) < 4.78 is 5.12. The molecule has 0 unspecified atom stereocenters. The Balaban J connectivity index is 1.65. The van der Waals surface area contributed by atoms with Gasteiger partial charge in [0.2, 0.25) is 11.8 Å². The maximum absolute atomic E-state index is 12.4. The Morgan fingerprint density at radius 1 is 1.35 bits per heavy atom. The lowest BCUT2D eigenvalue weighted by molar-refractivity contribution is 0.0941. The largest absolute Gasteiger partial charge is 0.481 e. The lowest BCUT2D eigenvalue weighted by Gasteiger charge is -2.22. The molecule has 2 heterocycles. The van der Waals surface area contributed by atoms with Crippen LogP contribution in [-0.2, 0) is 0 Å². The van der Waals surface area contributed by atoms with Crippen molar-refractivity contribution >= 4 is 11.9 Å². The van der Waals surface area contributed by atoms with Crippen molar-refractivity contribution in [3.05, 3.63) is 35.9 Å². The van der Waals surface area contributed by atoms with Gasteiger partial charge in [-0.15, -0.1) is 0 Å². The molecular formula is C19H25N5O2. The summed E-state index contributed by atoms with van der Waals surface area (Å²) in [6.07, 6.45) is 2.35. The van der Waals surface area contributed by atoms with Gasteiger partial charge in [-0.1, -0.05) is 19.1 Å². The summed E-state index contributed by atoms with van der Waals surface area (Å²) in [7, 11) is 1.53. The predicted octanol–water partition coefficient (Wildman–Crippen LogP) is 1.95. The number of nitrogens with zero attached hydrogens (tertiary/aromatic N) is 3. The second-order valence-electron chi connectivity index (χ2n) is 6.37. The Morgan fingerprint density at radius 2 is 2.12 bits per heavy atom. The number of anilines is 1. The smallest absolute Gasteiger partial charge is 0.251 e. The van der Waals surface area contributed by atoms with E-state index in [1.807, 2.05) is 12.1 Å². The van der Waals surface area contributed by atoms with Gasteiger partial charge in [-0.05, 0) is 38.1 Å². The van der Waals surface area contributed by atoms with Crippen LogP contribution >= 0.6 is 0 Å². The van der Waals surface area contributed by atoms with Crippen LogP contribution in [0.1, 0.15) is 30.1 Å². The molecule has 0 aliphatic carbocycles. The number of hydrogen-bond acceptors (Lipinski definition) is 6. The number of carbonyl (C=O) groups excluding carboxylic acids is 1. The van der Waals surface area contributed by atoms with Crippen molar-refractivity contribution in [2.75, 3.05) is 32.5 Å². The van der Waals surface area contributed by atoms with Crippen LogP contribution in [-0.4, -0.2) is 53.6 Å². The summed E-state index contributed by atoms with van der Waals surface area (Å²) in [5.74, 6) is 0.504. The van der Waals surface area contributed by atoms with Gasteiger partial charge >= 0.3 is 0 Å². The molecule has 1 aliphatic heterocycles. The van der Waals surface area contributed by atoms with Crippen molar-refractivity contribution in [2.24, 2.45) is 0 Å². The minimum absolute atomic E-state index is 0.0562. The molecule has 0 spiro atoms. The molecule has 2 aromatic rings. The van der Waals surface area contributed by atoms with E-state index in [4.69, 9.17) is 10.5 Å². The fourth-order valence-corrected chi connectivity index (χ4v) is 3.34. The van der Waals surface area contributed by atoms with Gasteiger partial charge < -0.3 is 15.8 Å². The molecule has 1 aliphatic rings. The fourth-order valence-electron chi connectivity index (χ4n) is 3.34. The SMILES string of the molecule is CCN1CCC[C@@H]1CNC(=O)c1ccc(-c2cc(OC)nc(N)n2)cc1. The van der Waals surface area contributed by atoms with Crippen LogP contribution in [0.25, 0.3) is 11.3 Å². The van der Waals surface area contributed by atoms with Crippen LogP contribution < -0.4 is 15.8 Å². The molecule has 1 atom stereocenters. The highest BCUT2D eigenvalue weighted by Gasteiger charge is 2.23. The highest BCUT2D eigenvalue weighted by Crippen LogP contribution is 2.22. The highest BCUT2D eigenvalue weighted by atomic mass is 16.5. The first-order chi connectivity index (χ1) is 12.6. The molecule has 26 heavy (non-hydrogen) atoms. The van der Waals surface area contributed by atoms with Gasteiger partial charge in [-0.25, -0.2) is 4.98 Å². The van der Waals surface area contributed by atoms with E-state index in [0.717, 1.165) is 25.1 Å². The maximum atomic E-state index is 12.4. The zero-order valence-electron chi connectivity index (χ0n) is 15.2. The quantitative estimate of drug-likeness (QED) is 0.823. The number of amides is 1. The van der Waals surface area contributed by atoms with Crippen molar-refractivity contribution in [1.29, 1.82) is 0 Å². The molecular weight excluding hydrogens is 330 g/mol. The zero-order chi connectivity index (χ0) is 18.5. The molecule has 7 heteroatoms. The van der Waals surface area contributed by atoms with E-state index in [1.165, 1.54) is 13.5 Å². The van der Waals surface area contributed by atoms with Crippen molar-refractivity contribution in [1.82, 2.24) is 20.2 Å². The third-order valence-corrected chi connectivity index (χ3v) is 4.78. The van der Waals surface area contributed by atoms with Gasteiger partial charge in [0.05, 0.1) is 12.8 Å².